The third-order valence-electron chi connectivity index (χ3n) is 3.97. The van der Waals surface area contributed by atoms with Crippen molar-refractivity contribution in [3.63, 3.8) is 0 Å². The van der Waals surface area contributed by atoms with E-state index in [-0.39, 0.29) is 0 Å². The van der Waals surface area contributed by atoms with E-state index in [2.05, 4.69) is 24.9 Å². The number of nitriles is 1. The average molecular weight is 244 g/mol. The second kappa shape index (κ2) is 5.97. The summed E-state index contributed by atoms with van der Waals surface area (Å²) < 4.78 is 5.95. The minimum absolute atomic E-state index is 0.370. The zero-order valence-electron chi connectivity index (χ0n) is 11.1. The molecule has 18 heavy (non-hydrogen) atoms. The van der Waals surface area contributed by atoms with Crippen molar-refractivity contribution >= 4 is 0 Å². The first kappa shape index (κ1) is 13.0. The van der Waals surface area contributed by atoms with E-state index in [1.54, 1.807) is 12.3 Å². The summed E-state index contributed by atoms with van der Waals surface area (Å²) in [4.78, 5) is 3.96. The predicted octanol–water partition coefficient (Wildman–Crippen LogP) is 3.29. The number of nitrogens with zero attached hydrogens (tertiary/aromatic N) is 2. The summed E-state index contributed by atoms with van der Waals surface area (Å²) in [6.45, 7) is 5.21. The zero-order chi connectivity index (χ0) is 13.0. The summed E-state index contributed by atoms with van der Waals surface area (Å²) in [5.41, 5.74) is 1.49. The number of hydrogen-bond donors (Lipinski definition) is 0. The summed E-state index contributed by atoms with van der Waals surface area (Å²) in [5.74, 6) is 1.56. The Bertz CT molecular complexity index is 438. The average Bonchev–Trinajstić information content (AvgIpc) is 2.40. The van der Waals surface area contributed by atoms with Crippen LogP contribution in [0.15, 0.2) is 18.3 Å². The van der Waals surface area contributed by atoms with Gasteiger partial charge >= 0.3 is 0 Å². The van der Waals surface area contributed by atoms with Crippen LogP contribution in [0, 0.1) is 23.2 Å². The van der Waals surface area contributed by atoms with E-state index in [4.69, 9.17) is 10.00 Å². The lowest BCUT2D eigenvalue weighted by molar-refractivity contribution is -0.00748. The first-order valence-electron chi connectivity index (χ1n) is 6.65. The Balaban J connectivity index is 1.86. The van der Waals surface area contributed by atoms with Crippen LogP contribution in [0.1, 0.15) is 44.4 Å². The van der Waals surface area contributed by atoms with Gasteiger partial charge in [0.2, 0.25) is 0 Å². The van der Waals surface area contributed by atoms with Crippen LogP contribution in [0.25, 0.3) is 0 Å². The Morgan fingerprint density at radius 3 is 2.94 bits per heavy atom. The van der Waals surface area contributed by atoms with Crippen LogP contribution in [0.2, 0.25) is 0 Å². The molecule has 1 heterocycles. The molecule has 0 bridgehead atoms. The molecular weight excluding hydrogens is 224 g/mol. The van der Waals surface area contributed by atoms with Crippen molar-refractivity contribution in [2.75, 3.05) is 0 Å². The van der Waals surface area contributed by atoms with Gasteiger partial charge in [0, 0.05) is 6.20 Å². The number of pyridine rings is 1. The van der Waals surface area contributed by atoms with E-state index in [1.807, 2.05) is 6.07 Å². The summed E-state index contributed by atoms with van der Waals surface area (Å²) in [5, 5.41) is 8.79. The molecule has 0 spiro atoms. The van der Waals surface area contributed by atoms with Crippen molar-refractivity contribution < 1.29 is 4.74 Å². The molecule has 3 atom stereocenters. The van der Waals surface area contributed by atoms with Crippen molar-refractivity contribution in [2.24, 2.45) is 11.8 Å². The van der Waals surface area contributed by atoms with E-state index in [1.165, 1.54) is 6.42 Å². The van der Waals surface area contributed by atoms with Crippen LogP contribution in [0.5, 0.6) is 0 Å². The molecule has 2 rings (SSSR count). The number of ether oxygens (including phenoxy) is 1. The fraction of sp³-hybridized carbons (Fsp3) is 0.600. The lowest BCUT2D eigenvalue weighted by atomic mass is 9.80. The summed E-state index contributed by atoms with van der Waals surface area (Å²) >= 11 is 0. The third-order valence-corrected chi connectivity index (χ3v) is 3.97. The van der Waals surface area contributed by atoms with Gasteiger partial charge in [0.1, 0.15) is 11.8 Å². The van der Waals surface area contributed by atoms with Gasteiger partial charge in [-0.2, -0.15) is 5.26 Å². The summed E-state index contributed by atoms with van der Waals surface area (Å²) in [6, 6.07) is 5.76. The van der Waals surface area contributed by atoms with Crippen molar-refractivity contribution in [2.45, 2.75) is 45.8 Å². The number of hydrogen-bond acceptors (Lipinski definition) is 3. The molecule has 3 heteroatoms. The Morgan fingerprint density at radius 2 is 2.22 bits per heavy atom. The van der Waals surface area contributed by atoms with Gasteiger partial charge in [0.25, 0.3) is 0 Å². The lowest BCUT2D eigenvalue weighted by Gasteiger charge is -2.31. The minimum Gasteiger partial charge on any atom is -0.374 e. The van der Waals surface area contributed by atoms with Gasteiger partial charge in [-0.05, 0) is 48.8 Å². The largest absolute Gasteiger partial charge is 0.374 e. The van der Waals surface area contributed by atoms with Gasteiger partial charge in [-0.15, -0.1) is 0 Å². The van der Waals surface area contributed by atoms with Crippen LogP contribution in [-0.2, 0) is 11.3 Å². The first-order valence-corrected chi connectivity index (χ1v) is 6.65. The quantitative estimate of drug-likeness (QED) is 0.819. The van der Waals surface area contributed by atoms with E-state index in [9.17, 15) is 0 Å². The predicted molar refractivity (Wildman–Crippen MR) is 69.7 cm³/mol. The van der Waals surface area contributed by atoms with Crippen LogP contribution >= 0.6 is 0 Å². The molecule has 0 N–H and O–H groups in total. The van der Waals surface area contributed by atoms with Gasteiger partial charge in [-0.1, -0.05) is 13.8 Å². The maximum absolute atomic E-state index is 8.79. The van der Waals surface area contributed by atoms with Crippen molar-refractivity contribution in [3.05, 3.63) is 29.6 Å². The van der Waals surface area contributed by atoms with Crippen LogP contribution < -0.4 is 0 Å². The smallest absolute Gasteiger partial charge is 0.140 e. The molecule has 1 aliphatic rings. The van der Waals surface area contributed by atoms with E-state index < -0.39 is 0 Å². The normalized spacial score (nSPS) is 27.7. The van der Waals surface area contributed by atoms with Crippen LogP contribution in [-0.4, -0.2) is 11.1 Å². The molecule has 0 saturated heterocycles. The highest BCUT2D eigenvalue weighted by molar-refractivity contribution is 5.24. The minimum atomic E-state index is 0.370. The number of aromatic nitrogens is 1. The van der Waals surface area contributed by atoms with Crippen molar-refractivity contribution in [3.8, 4) is 6.07 Å². The molecule has 3 unspecified atom stereocenters. The molecule has 1 aromatic heterocycles. The molecule has 0 aliphatic heterocycles. The van der Waals surface area contributed by atoms with Gasteiger partial charge in [0.05, 0.1) is 12.7 Å². The monoisotopic (exact) mass is 244 g/mol. The van der Waals surface area contributed by atoms with Gasteiger partial charge in [-0.25, -0.2) is 4.98 Å². The Morgan fingerprint density at radius 1 is 1.39 bits per heavy atom. The highest BCUT2D eigenvalue weighted by atomic mass is 16.5. The SMILES string of the molecule is CC1CCC(OCc2ccnc(C#N)c2)CC1C. The van der Waals surface area contributed by atoms with E-state index in [0.717, 1.165) is 30.2 Å². The highest BCUT2D eigenvalue weighted by Gasteiger charge is 2.24. The van der Waals surface area contributed by atoms with Gasteiger partial charge in [-0.3, -0.25) is 0 Å². The highest BCUT2D eigenvalue weighted by Crippen LogP contribution is 2.31. The van der Waals surface area contributed by atoms with E-state index in [0.29, 0.717) is 18.4 Å². The second-order valence-corrected chi connectivity index (χ2v) is 5.36. The second-order valence-electron chi connectivity index (χ2n) is 5.36. The lowest BCUT2D eigenvalue weighted by Crippen LogP contribution is -2.26. The Hall–Kier alpha value is -1.40. The molecule has 3 nitrogen and oxygen atoms in total. The maximum atomic E-state index is 8.79. The van der Waals surface area contributed by atoms with Gasteiger partial charge < -0.3 is 4.74 Å². The van der Waals surface area contributed by atoms with Crippen molar-refractivity contribution in [1.29, 1.82) is 5.26 Å². The standard InChI is InChI=1S/C15H20N2O/c1-11-3-4-15(7-12(11)2)18-10-13-5-6-17-14(8-13)9-16/h5-6,8,11-12,15H,3-4,7,10H2,1-2H3. The molecular formula is C15H20N2O. The topological polar surface area (TPSA) is 45.9 Å². The Kier molecular flexibility index (Phi) is 4.33. The summed E-state index contributed by atoms with van der Waals surface area (Å²) in [7, 11) is 0. The fourth-order valence-electron chi connectivity index (χ4n) is 2.49. The molecule has 1 aliphatic carbocycles. The first-order chi connectivity index (χ1) is 8.69. The Labute approximate surface area is 109 Å². The molecule has 1 saturated carbocycles. The molecule has 0 radical (unpaired) electrons. The van der Waals surface area contributed by atoms with Crippen molar-refractivity contribution in [1.82, 2.24) is 4.98 Å². The molecule has 0 amide bonds. The fourth-order valence-corrected chi connectivity index (χ4v) is 2.49. The zero-order valence-corrected chi connectivity index (χ0v) is 11.1. The molecule has 1 fully saturated rings. The molecule has 0 aromatic carbocycles. The summed E-state index contributed by atoms with van der Waals surface area (Å²) in [6.07, 6.45) is 5.60. The molecule has 96 valence electrons. The van der Waals surface area contributed by atoms with Gasteiger partial charge in [0.15, 0.2) is 0 Å². The maximum Gasteiger partial charge on any atom is 0.140 e. The number of rotatable bonds is 3. The third kappa shape index (κ3) is 3.30. The molecule has 1 aromatic rings. The van der Waals surface area contributed by atoms with E-state index >= 15 is 0 Å². The van der Waals surface area contributed by atoms with Crippen LogP contribution in [0.4, 0.5) is 0 Å². The van der Waals surface area contributed by atoms with Crippen LogP contribution in [0.3, 0.4) is 0 Å².